The van der Waals surface area contributed by atoms with Crippen LogP contribution in [0.25, 0.3) is 0 Å². The molecule has 3 N–H and O–H groups in total. The molecule has 0 saturated carbocycles. The third-order valence-corrected chi connectivity index (χ3v) is 6.60. The van der Waals surface area contributed by atoms with Crippen LogP contribution in [0.4, 0.5) is 0 Å². The molecule has 0 radical (unpaired) electrons. The largest absolute Gasteiger partial charge is 0.388 e. The minimum Gasteiger partial charge on any atom is -0.388 e. The fourth-order valence-electron chi connectivity index (χ4n) is 2.52. The van der Waals surface area contributed by atoms with E-state index in [0.717, 1.165) is 9.79 Å². The zero-order valence-electron chi connectivity index (χ0n) is 13.0. The number of benzene rings is 2. The van der Waals surface area contributed by atoms with Crippen molar-refractivity contribution in [3.05, 3.63) is 60.7 Å². The van der Waals surface area contributed by atoms with E-state index in [0.29, 0.717) is 5.75 Å². The number of aliphatic hydroxyl groups excluding tert-OH is 3. The lowest BCUT2D eigenvalue weighted by atomic mass is 10.0. The maximum Gasteiger partial charge on any atom is 0.156 e. The van der Waals surface area contributed by atoms with E-state index in [1.54, 1.807) is 11.8 Å². The van der Waals surface area contributed by atoms with Crippen LogP contribution < -0.4 is 0 Å². The van der Waals surface area contributed by atoms with Crippen LogP contribution >= 0.6 is 23.5 Å². The van der Waals surface area contributed by atoms with Crippen LogP contribution in [0.15, 0.2) is 70.5 Å². The molecule has 1 aliphatic heterocycles. The molecule has 0 aromatic heterocycles. The Bertz CT molecular complexity index is 640. The van der Waals surface area contributed by atoms with Crippen molar-refractivity contribution in [3.63, 3.8) is 0 Å². The van der Waals surface area contributed by atoms with Gasteiger partial charge in [-0.1, -0.05) is 48.2 Å². The highest BCUT2D eigenvalue weighted by atomic mass is 32.2. The molecule has 0 bridgehead atoms. The molecule has 1 heterocycles. The highest BCUT2D eigenvalue weighted by Gasteiger charge is 2.50. The number of aliphatic hydroxyl groups is 3. The smallest absolute Gasteiger partial charge is 0.156 e. The molecule has 6 heteroatoms. The Morgan fingerprint density at radius 2 is 1.50 bits per heavy atom. The molecular weight excluding hydrogens is 344 g/mol. The summed E-state index contributed by atoms with van der Waals surface area (Å²) in [6.45, 7) is -0.00654. The summed E-state index contributed by atoms with van der Waals surface area (Å²) >= 11 is 2.93. The molecule has 0 aliphatic carbocycles. The first kappa shape index (κ1) is 17.8. The van der Waals surface area contributed by atoms with Gasteiger partial charge >= 0.3 is 0 Å². The molecule has 1 saturated heterocycles. The van der Waals surface area contributed by atoms with Gasteiger partial charge in [-0.2, -0.15) is 0 Å². The van der Waals surface area contributed by atoms with Crippen molar-refractivity contribution in [2.45, 2.75) is 33.0 Å². The molecule has 2 aromatic rings. The summed E-state index contributed by atoms with van der Waals surface area (Å²) in [5, 5.41) is 30.6. The number of rotatable bonds is 5. The summed E-state index contributed by atoms with van der Waals surface area (Å²) in [4.78, 5) is 0.969. The second kappa shape index (κ2) is 7.91. The van der Waals surface area contributed by atoms with Crippen LogP contribution in [0, 0.1) is 0 Å². The molecule has 1 fully saturated rings. The van der Waals surface area contributed by atoms with Gasteiger partial charge in [0.2, 0.25) is 0 Å². The molecule has 0 spiro atoms. The Hall–Kier alpha value is -1.02. The van der Waals surface area contributed by atoms with Crippen LogP contribution in [0.2, 0.25) is 0 Å². The average Bonchev–Trinajstić information content (AvgIpc) is 2.63. The molecule has 4 nitrogen and oxygen atoms in total. The summed E-state index contributed by atoms with van der Waals surface area (Å²) in [7, 11) is 0. The third-order valence-electron chi connectivity index (χ3n) is 3.88. The summed E-state index contributed by atoms with van der Waals surface area (Å²) in [6.07, 6.45) is -3.50. The number of hydrogen-bond donors (Lipinski definition) is 3. The van der Waals surface area contributed by atoms with E-state index in [1.165, 1.54) is 11.8 Å². The number of hydrogen-bond acceptors (Lipinski definition) is 6. The first-order valence-electron chi connectivity index (χ1n) is 7.71. The zero-order valence-corrected chi connectivity index (χ0v) is 14.6. The van der Waals surface area contributed by atoms with Crippen molar-refractivity contribution in [3.8, 4) is 0 Å². The van der Waals surface area contributed by atoms with Crippen LogP contribution in [0.5, 0.6) is 0 Å². The Morgan fingerprint density at radius 1 is 0.917 bits per heavy atom. The van der Waals surface area contributed by atoms with Crippen molar-refractivity contribution in [1.29, 1.82) is 0 Å². The van der Waals surface area contributed by atoms with Gasteiger partial charge < -0.3 is 20.1 Å². The lowest BCUT2D eigenvalue weighted by Crippen LogP contribution is -2.60. The van der Waals surface area contributed by atoms with Crippen LogP contribution in [0.1, 0.15) is 0 Å². The van der Waals surface area contributed by atoms with Gasteiger partial charge in [0.25, 0.3) is 0 Å². The summed E-state index contributed by atoms with van der Waals surface area (Å²) in [5.74, 6) is 0.446. The van der Waals surface area contributed by atoms with Crippen LogP contribution in [-0.4, -0.2) is 50.9 Å². The van der Waals surface area contributed by atoms with Gasteiger partial charge in [-0.15, -0.1) is 11.8 Å². The van der Waals surface area contributed by atoms with E-state index >= 15 is 0 Å². The number of thioether (sulfide) groups is 2. The highest BCUT2D eigenvalue weighted by Crippen LogP contribution is 2.44. The molecule has 2 aromatic carbocycles. The van der Waals surface area contributed by atoms with Crippen molar-refractivity contribution >= 4 is 23.5 Å². The molecule has 24 heavy (non-hydrogen) atoms. The zero-order chi connectivity index (χ0) is 17.0. The summed E-state index contributed by atoms with van der Waals surface area (Å²) in [6, 6.07) is 19.5. The Balaban J connectivity index is 1.83. The molecule has 3 rings (SSSR count). The van der Waals surface area contributed by atoms with E-state index < -0.39 is 23.2 Å². The van der Waals surface area contributed by atoms with Gasteiger partial charge in [0, 0.05) is 15.5 Å². The lowest BCUT2D eigenvalue weighted by Gasteiger charge is -2.44. The van der Waals surface area contributed by atoms with E-state index in [4.69, 9.17) is 4.74 Å². The normalized spacial score (nSPS) is 30.2. The quantitative estimate of drug-likeness (QED) is 0.708. The van der Waals surface area contributed by atoms with Gasteiger partial charge in [0.05, 0.1) is 6.61 Å². The second-order valence-corrected chi connectivity index (χ2v) is 8.06. The second-order valence-electron chi connectivity index (χ2n) is 5.64. The third kappa shape index (κ3) is 3.96. The molecular formula is C18H20O4S2. The lowest BCUT2D eigenvalue weighted by molar-refractivity contribution is -0.193. The number of ether oxygens (including phenoxy) is 1. The Morgan fingerprint density at radius 3 is 2.12 bits per heavy atom. The molecule has 0 amide bonds. The standard InChI is InChI=1S/C18H20O4S2/c19-15-11-22-18(17(21)16(15)20,24-14-9-5-2-6-10-14)12-23-13-7-3-1-4-8-13/h1-10,15-17,19-21H,11-12H2/t15-,16-,17+,18+/m1/s1. The van der Waals surface area contributed by atoms with E-state index in [9.17, 15) is 15.3 Å². The van der Waals surface area contributed by atoms with Gasteiger partial charge in [-0.25, -0.2) is 0 Å². The molecule has 0 unspecified atom stereocenters. The van der Waals surface area contributed by atoms with Crippen LogP contribution in [-0.2, 0) is 4.74 Å². The minimum atomic E-state index is -1.23. The highest BCUT2D eigenvalue weighted by molar-refractivity contribution is 8.03. The van der Waals surface area contributed by atoms with E-state index in [1.807, 2.05) is 60.7 Å². The monoisotopic (exact) mass is 364 g/mol. The molecule has 4 atom stereocenters. The van der Waals surface area contributed by atoms with Gasteiger partial charge in [0.1, 0.15) is 18.3 Å². The topological polar surface area (TPSA) is 69.9 Å². The average molecular weight is 364 g/mol. The Labute approximate surface area is 149 Å². The van der Waals surface area contributed by atoms with Crippen molar-refractivity contribution in [1.82, 2.24) is 0 Å². The van der Waals surface area contributed by atoms with E-state index in [-0.39, 0.29) is 6.61 Å². The SMILES string of the molecule is O[C@@H]1[C@H](O)CO[C@@](CSc2ccccc2)(Sc2ccccc2)[C@H]1O. The fourth-order valence-corrected chi connectivity index (χ4v) is 4.98. The minimum absolute atomic E-state index is 0.00654. The fraction of sp³-hybridized carbons (Fsp3) is 0.333. The van der Waals surface area contributed by atoms with Crippen molar-refractivity contribution in [2.75, 3.05) is 12.4 Å². The van der Waals surface area contributed by atoms with Crippen molar-refractivity contribution in [2.24, 2.45) is 0 Å². The summed E-state index contributed by atoms with van der Waals surface area (Å²) in [5.41, 5.74) is 0. The maximum atomic E-state index is 10.6. The predicted molar refractivity (Wildman–Crippen MR) is 96.2 cm³/mol. The van der Waals surface area contributed by atoms with E-state index in [2.05, 4.69) is 0 Å². The van der Waals surface area contributed by atoms with Gasteiger partial charge in [-0.05, 0) is 24.3 Å². The molecule has 128 valence electrons. The van der Waals surface area contributed by atoms with Crippen molar-refractivity contribution < 1.29 is 20.1 Å². The predicted octanol–water partition coefficient (Wildman–Crippen LogP) is 2.38. The van der Waals surface area contributed by atoms with Gasteiger partial charge in [0.15, 0.2) is 4.93 Å². The summed E-state index contributed by atoms with van der Waals surface area (Å²) < 4.78 is 5.87. The maximum absolute atomic E-state index is 10.6. The van der Waals surface area contributed by atoms with Crippen LogP contribution in [0.3, 0.4) is 0 Å². The van der Waals surface area contributed by atoms with Gasteiger partial charge in [-0.3, -0.25) is 0 Å². The first-order chi connectivity index (χ1) is 11.6. The molecule has 1 aliphatic rings. The Kier molecular flexibility index (Phi) is 5.86. The first-order valence-corrected chi connectivity index (χ1v) is 9.51.